The van der Waals surface area contributed by atoms with Gasteiger partial charge in [-0.05, 0) is 42.1 Å². The number of azo groups is 1. The fourth-order valence-electron chi connectivity index (χ4n) is 3.71. The first-order valence-electron chi connectivity index (χ1n) is 10.6. The Balaban J connectivity index is 1.85. The number of benzene rings is 4. The van der Waals surface area contributed by atoms with Crippen LogP contribution in [0.5, 0.6) is 11.5 Å². The molecule has 0 aliphatic heterocycles. The standard InChI is InChI=1S/C25H19Cl2N3O6S/c1-13-7-8-20(27)22(24(13)37(33,34)35)30-29-21-18-6-4-3-5-14(18)9-19(23(21)31)25(32)28-16-10-15(26)11-17(12-16)36-2/h3-12,31H,1-2H3,(H,28,32)(H,33,34,35). The maximum atomic E-state index is 13.1. The van der Waals surface area contributed by atoms with Gasteiger partial charge in [0.1, 0.15) is 22.0 Å². The van der Waals surface area contributed by atoms with Gasteiger partial charge < -0.3 is 15.2 Å². The molecule has 0 heterocycles. The predicted molar refractivity (Wildman–Crippen MR) is 142 cm³/mol. The van der Waals surface area contributed by atoms with E-state index in [2.05, 4.69) is 15.5 Å². The molecule has 0 aliphatic carbocycles. The number of rotatable bonds is 6. The fraction of sp³-hybridized carbons (Fsp3) is 0.0800. The van der Waals surface area contributed by atoms with Gasteiger partial charge >= 0.3 is 0 Å². The summed E-state index contributed by atoms with van der Waals surface area (Å²) in [6.07, 6.45) is 0. The Kier molecular flexibility index (Phi) is 7.37. The van der Waals surface area contributed by atoms with E-state index in [-0.39, 0.29) is 27.5 Å². The van der Waals surface area contributed by atoms with Crippen LogP contribution < -0.4 is 10.1 Å². The lowest BCUT2D eigenvalue weighted by Gasteiger charge is -2.12. The van der Waals surface area contributed by atoms with E-state index in [0.29, 0.717) is 27.2 Å². The zero-order chi connectivity index (χ0) is 26.9. The SMILES string of the molecule is COc1cc(Cl)cc(NC(=O)c2cc3ccccc3c(N=Nc3c(Cl)ccc(C)c3S(=O)(=O)O)c2O)c1. The Morgan fingerprint density at radius 2 is 1.70 bits per heavy atom. The van der Waals surface area contributed by atoms with Crippen molar-refractivity contribution in [3.8, 4) is 11.5 Å². The Morgan fingerprint density at radius 3 is 2.41 bits per heavy atom. The molecule has 0 atom stereocenters. The van der Waals surface area contributed by atoms with Crippen LogP contribution in [-0.2, 0) is 10.1 Å². The number of fused-ring (bicyclic) bond motifs is 1. The largest absolute Gasteiger partial charge is 0.505 e. The number of halogens is 2. The Morgan fingerprint density at radius 1 is 1.00 bits per heavy atom. The number of nitrogens with one attached hydrogen (secondary N) is 1. The lowest BCUT2D eigenvalue weighted by atomic mass is 10.0. The third-order valence-corrected chi connectivity index (χ3v) is 6.95. The topological polar surface area (TPSA) is 138 Å². The number of nitrogens with zero attached hydrogens (tertiary/aromatic N) is 2. The smallest absolute Gasteiger partial charge is 0.297 e. The van der Waals surface area contributed by atoms with Crippen molar-refractivity contribution < 1.29 is 27.6 Å². The first kappa shape index (κ1) is 26.4. The summed E-state index contributed by atoms with van der Waals surface area (Å²) in [5.74, 6) is -0.757. The van der Waals surface area contributed by atoms with E-state index in [4.69, 9.17) is 27.9 Å². The van der Waals surface area contributed by atoms with Crippen molar-refractivity contribution >= 4 is 67.1 Å². The number of amides is 1. The average Bonchev–Trinajstić information content (AvgIpc) is 2.83. The molecule has 0 spiro atoms. The van der Waals surface area contributed by atoms with Crippen molar-refractivity contribution in [3.63, 3.8) is 0 Å². The number of ether oxygens (including phenoxy) is 1. The van der Waals surface area contributed by atoms with Gasteiger partial charge in [-0.1, -0.05) is 53.5 Å². The highest BCUT2D eigenvalue weighted by Gasteiger charge is 2.23. The van der Waals surface area contributed by atoms with Gasteiger partial charge in [0.2, 0.25) is 0 Å². The van der Waals surface area contributed by atoms with Crippen LogP contribution in [-0.4, -0.2) is 31.1 Å². The summed E-state index contributed by atoms with van der Waals surface area (Å²) in [5.41, 5.74) is -0.0225. The summed E-state index contributed by atoms with van der Waals surface area (Å²) >= 11 is 12.2. The summed E-state index contributed by atoms with van der Waals surface area (Å²) < 4.78 is 38.8. The van der Waals surface area contributed by atoms with Crippen LogP contribution in [0.2, 0.25) is 10.0 Å². The maximum Gasteiger partial charge on any atom is 0.297 e. The van der Waals surface area contributed by atoms with E-state index < -0.39 is 26.7 Å². The van der Waals surface area contributed by atoms with Crippen LogP contribution >= 0.6 is 23.2 Å². The number of carbonyl (C=O) groups is 1. The van der Waals surface area contributed by atoms with Crippen LogP contribution in [0.4, 0.5) is 17.1 Å². The molecule has 4 aromatic rings. The van der Waals surface area contributed by atoms with Gasteiger partial charge in [-0.15, -0.1) is 10.2 Å². The molecule has 0 bridgehead atoms. The number of anilines is 1. The van der Waals surface area contributed by atoms with Crippen molar-refractivity contribution in [1.82, 2.24) is 0 Å². The van der Waals surface area contributed by atoms with Crippen LogP contribution in [0.1, 0.15) is 15.9 Å². The summed E-state index contributed by atoms with van der Waals surface area (Å²) in [5, 5.41) is 23.0. The molecule has 0 unspecified atom stereocenters. The predicted octanol–water partition coefficient (Wildman–Crippen LogP) is 7.08. The Hall–Kier alpha value is -3.70. The third-order valence-electron chi connectivity index (χ3n) is 5.39. The normalized spacial score (nSPS) is 11.7. The lowest BCUT2D eigenvalue weighted by Crippen LogP contribution is -2.12. The number of hydrogen-bond donors (Lipinski definition) is 3. The second-order valence-corrected chi connectivity index (χ2v) is 10.1. The third kappa shape index (κ3) is 5.52. The van der Waals surface area contributed by atoms with E-state index >= 15 is 0 Å². The van der Waals surface area contributed by atoms with E-state index in [1.54, 1.807) is 36.4 Å². The number of aryl methyl sites for hydroxylation is 1. The monoisotopic (exact) mass is 559 g/mol. The van der Waals surface area contributed by atoms with Gasteiger partial charge in [-0.25, -0.2) is 0 Å². The van der Waals surface area contributed by atoms with Crippen molar-refractivity contribution in [2.45, 2.75) is 11.8 Å². The van der Waals surface area contributed by atoms with E-state index in [0.717, 1.165) is 0 Å². The molecule has 0 fully saturated rings. The Labute approximate surface area is 222 Å². The molecular weight excluding hydrogens is 541 g/mol. The average molecular weight is 560 g/mol. The molecule has 1 amide bonds. The molecule has 4 rings (SSSR count). The molecule has 0 saturated carbocycles. The second-order valence-electron chi connectivity index (χ2n) is 7.89. The molecule has 0 aromatic heterocycles. The van der Waals surface area contributed by atoms with Crippen molar-refractivity contribution in [2.75, 3.05) is 12.4 Å². The van der Waals surface area contributed by atoms with Crippen molar-refractivity contribution in [3.05, 3.63) is 81.8 Å². The van der Waals surface area contributed by atoms with Gasteiger partial charge in [0.05, 0.1) is 17.7 Å². The number of phenols is 1. The summed E-state index contributed by atoms with van der Waals surface area (Å²) in [4.78, 5) is 12.6. The van der Waals surface area contributed by atoms with Crippen LogP contribution in [0.15, 0.2) is 75.8 Å². The minimum Gasteiger partial charge on any atom is -0.505 e. The molecule has 12 heteroatoms. The van der Waals surface area contributed by atoms with E-state index in [9.17, 15) is 22.9 Å². The van der Waals surface area contributed by atoms with Crippen LogP contribution in [0.3, 0.4) is 0 Å². The number of phenolic OH excluding ortho intramolecular Hbond substituents is 1. The number of methoxy groups -OCH3 is 1. The number of carbonyl (C=O) groups excluding carboxylic acids is 1. The van der Waals surface area contributed by atoms with Gasteiger partial charge in [0.15, 0.2) is 5.75 Å². The minimum atomic E-state index is -4.70. The molecule has 0 saturated heterocycles. The maximum absolute atomic E-state index is 13.1. The molecule has 3 N–H and O–H groups in total. The summed E-state index contributed by atoms with van der Waals surface area (Å²) in [6.45, 7) is 1.46. The molecule has 4 aromatic carbocycles. The minimum absolute atomic E-state index is 0.0884. The number of hydrogen-bond acceptors (Lipinski definition) is 7. The summed E-state index contributed by atoms with van der Waals surface area (Å²) in [7, 11) is -3.24. The lowest BCUT2D eigenvalue weighted by molar-refractivity contribution is 0.102. The van der Waals surface area contributed by atoms with Gasteiger partial charge in [-0.3, -0.25) is 9.35 Å². The zero-order valence-electron chi connectivity index (χ0n) is 19.4. The highest BCUT2D eigenvalue weighted by molar-refractivity contribution is 7.86. The first-order valence-corrected chi connectivity index (χ1v) is 12.8. The second kappa shape index (κ2) is 10.3. The highest BCUT2D eigenvalue weighted by Crippen LogP contribution is 2.42. The van der Waals surface area contributed by atoms with Crippen molar-refractivity contribution in [1.29, 1.82) is 0 Å². The van der Waals surface area contributed by atoms with Crippen molar-refractivity contribution in [2.24, 2.45) is 10.2 Å². The molecule has 9 nitrogen and oxygen atoms in total. The van der Waals surface area contributed by atoms with Gasteiger partial charge in [-0.2, -0.15) is 8.42 Å². The molecule has 190 valence electrons. The van der Waals surface area contributed by atoms with Gasteiger partial charge in [0, 0.05) is 22.2 Å². The molecule has 0 aliphatic rings. The molecule has 0 radical (unpaired) electrons. The molecular formula is C25H19Cl2N3O6S. The fourth-order valence-corrected chi connectivity index (χ4v) is 5.06. The van der Waals surface area contributed by atoms with Crippen LogP contribution in [0, 0.1) is 6.92 Å². The van der Waals surface area contributed by atoms with E-state index in [1.807, 2.05) is 0 Å². The highest BCUT2D eigenvalue weighted by atomic mass is 35.5. The zero-order valence-corrected chi connectivity index (χ0v) is 21.7. The van der Waals surface area contributed by atoms with E-state index in [1.165, 1.54) is 38.3 Å². The molecule has 37 heavy (non-hydrogen) atoms. The Bertz CT molecular complexity index is 1690. The van der Waals surface area contributed by atoms with Gasteiger partial charge in [0.25, 0.3) is 16.0 Å². The quantitative estimate of drug-likeness (QED) is 0.170. The first-order chi connectivity index (χ1) is 17.5. The van der Waals surface area contributed by atoms with Crippen LogP contribution in [0.25, 0.3) is 10.8 Å². The number of aromatic hydroxyl groups is 1. The summed E-state index contributed by atoms with van der Waals surface area (Å²) in [6, 6.07) is 15.7.